The first-order valence-electron chi connectivity index (χ1n) is 8.95. The highest BCUT2D eigenvalue weighted by Crippen LogP contribution is 2.10. The number of hydrogen-bond donors (Lipinski definition) is 2. The molecule has 1 fully saturated rings. The normalized spacial score (nSPS) is 16.5. The fourth-order valence-corrected chi connectivity index (χ4v) is 3.78. The van der Waals surface area contributed by atoms with Gasteiger partial charge in [-0.3, -0.25) is 4.90 Å². The van der Waals surface area contributed by atoms with Crippen LogP contribution in [0.2, 0.25) is 0 Å². The van der Waals surface area contributed by atoms with E-state index in [1.54, 1.807) is 29.2 Å². The number of piperazine rings is 1. The summed E-state index contributed by atoms with van der Waals surface area (Å²) in [5.74, 6) is 0. The van der Waals surface area contributed by atoms with Crippen LogP contribution < -0.4 is 9.62 Å². The molecule has 0 unspecified atom stereocenters. The molecular formula is C18H30N3O4S+. The van der Waals surface area contributed by atoms with Crippen LogP contribution in [0.5, 0.6) is 0 Å². The molecule has 1 heterocycles. The monoisotopic (exact) mass is 384 g/mol. The SMILES string of the molecule is Cc1ccc(S(=O)(=O)NCC[NH+]2CCN(C(=O)OC(C)(C)C)CC2)cc1. The van der Waals surface area contributed by atoms with Crippen LogP contribution in [0.15, 0.2) is 29.2 Å². The molecule has 1 aromatic rings. The van der Waals surface area contributed by atoms with Crippen molar-refractivity contribution in [2.75, 3.05) is 39.3 Å². The van der Waals surface area contributed by atoms with E-state index in [2.05, 4.69) is 4.72 Å². The summed E-state index contributed by atoms with van der Waals surface area (Å²) < 4.78 is 32.6. The first-order valence-corrected chi connectivity index (χ1v) is 10.4. The molecule has 0 atom stereocenters. The molecule has 8 heteroatoms. The number of sulfonamides is 1. The van der Waals surface area contributed by atoms with Crippen molar-refractivity contribution in [3.63, 3.8) is 0 Å². The summed E-state index contributed by atoms with van der Waals surface area (Å²) in [4.78, 5) is 15.3. The Hall–Kier alpha value is -1.64. The third-order valence-electron chi connectivity index (χ3n) is 4.22. The van der Waals surface area contributed by atoms with Gasteiger partial charge < -0.3 is 9.64 Å². The summed E-state index contributed by atoms with van der Waals surface area (Å²) in [6.07, 6.45) is -0.281. The van der Waals surface area contributed by atoms with Crippen LogP contribution in [0.4, 0.5) is 4.79 Å². The number of aryl methyl sites for hydroxylation is 1. The highest BCUT2D eigenvalue weighted by molar-refractivity contribution is 7.89. The molecule has 0 spiro atoms. The minimum absolute atomic E-state index is 0.281. The smallest absolute Gasteiger partial charge is 0.410 e. The zero-order valence-electron chi connectivity index (χ0n) is 16.0. The van der Waals surface area contributed by atoms with E-state index in [0.717, 1.165) is 18.7 Å². The van der Waals surface area contributed by atoms with E-state index < -0.39 is 15.6 Å². The van der Waals surface area contributed by atoms with E-state index in [1.165, 1.54) is 4.90 Å². The number of hydrogen-bond acceptors (Lipinski definition) is 4. The van der Waals surface area contributed by atoms with Crippen LogP contribution >= 0.6 is 0 Å². The number of amides is 1. The Labute approximate surface area is 156 Å². The lowest BCUT2D eigenvalue weighted by atomic mass is 10.2. The molecule has 1 aromatic carbocycles. The first kappa shape index (κ1) is 20.7. The molecule has 1 aliphatic rings. The number of nitrogens with one attached hydrogen (secondary N) is 2. The summed E-state index contributed by atoms with van der Waals surface area (Å²) in [6, 6.07) is 6.81. The van der Waals surface area contributed by atoms with Crippen molar-refractivity contribution in [1.82, 2.24) is 9.62 Å². The molecule has 1 aliphatic heterocycles. The van der Waals surface area contributed by atoms with Gasteiger partial charge in [-0.2, -0.15) is 0 Å². The van der Waals surface area contributed by atoms with Gasteiger partial charge in [0.1, 0.15) is 5.60 Å². The Kier molecular flexibility index (Phi) is 6.65. The maximum Gasteiger partial charge on any atom is 0.410 e. The molecule has 1 saturated heterocycles. The third-order valence-corrected chi connectivity index (χ3v) is 5.70. The van der Waals surface area contributed by atoms with Gasteiger partial charge in [0.2, 0.25) is 10.0 Å². The number of nitrogens with zero attached hydrogens (tertiary/aromatic N) is 1. The largest absolute Gasteiger partial charge is 0.444 e. The summed E-state index contributed by atoms with van der Waals surface area (Å²) in [7, 11) is -3.47. The van der Waals surface area contributed by atoms with Crippen molar-refractivity contribution in [1.29, 1.82) is 0 Å². The van der Waals surface area contributed by atoms with Crippen molar-refractivity contribution in [2.24, 2.45) is 0 Å². The van der Waals surface area contributed by atoms with Gasteiger partial charge in [-0.05, 0) is 39.8 Å². The van der Waals surface area contributed by atoms with E-state index in [0.29, 0.717) is 26.2 Å². The minimum atomic E-state index is -3.47. The van der Waals surface area contributed by atoms with Gasteiger partial charge in [-0.25, -0.2) is 17.9 Å². The van der Waals surface area contributed by atoms with Crippen molar-refractivity contribution < 1.29 is 22.8 Å². The van der Waals surface area contributed by atoms with E-state index in [9.17, 15) is 13.2 Å². The number of carbonyl (C=O) groups is 1. The second kappa shape index (κ2) is 8.37. The van der Waals surface area contributed by atoms with Crippen molar-refractivity contribution in [3.8, 4) is 0 Å². The van der Waals surface area contributed by atoms with Crippen LogP contribution in [0.3, 0.4) is 0 Å². The van der Waals surface area contributed by atoms with E-state index in [-0.39, 0.29) is 11.0 Å². The lowest BCUT2D eigenvalue weighted by molar-refractivity contribution is -0.902. The Bertz CT molecular complexity index is 703. The molecular weight excluding hydrogens is 354 g/mol. The fourth-order valence-electron chi connectivity index (χ4n) is 2.74. The zero-order valence-corrected chi connectivity index (χ0v) is 16.9. The fraction of sp³-hybridized carbons (Fsp3) is 0.611. The molecule has 0 aliphatic carbocycles. The van der Waals surface area contributed by atoms with Gasteiger partial charge in [-0.1, -0.05) is 17.7 Å². The molecule has 0 aromatic heterocycles. The standard InChI is InChI=1S/C18H29N3O4S/c1-15-5-7-16(8-6-15)26(23,24)19-9-10-20-11-13-21(14-12-20)17(22)25-18(2,3)4/h5-8,19H,9-14H2,1-4H3/p+1. The Balaban J connectivity index is 1.75. The highest BCUT2D eigenvalue weighted by atomic mass is 32.2. The number of quaternary nitrogens is 1. The zero-order chi connectivity index (χ0) is 19.4. The van der Waals surface area contributed by atoms with Crippen LogP contribution in [-0.4, -0.2) is 64.3 Å². The lowest BCUT2D eigenvalue weighted by Gasteiger charge is -2.33. The average molecular weight is 385 g/mol. The average Bonchev–Trinajstić information content (AvgIpc) is 2.54. The van der Waals surface area contributed by atoms with E-state index in [1.807, 2.05) is 27.7 Å². The Morgan fingerprint density at radius 3 is 2.31 bits per heavy atom. The van der Waals surface area contributed by atoms with Gasteiger partial charge >= 0.3 is 6.09 Å². The van der Waals surface area contributed by atoms with Crippen molar-refractivity contribution in [3.05, 3.63) is 29.8 Å². The Morgan fingerprint density at radius 1 is 1.19 bits per heavy atom. The second-order valence-corrected chi connectivity index (χ2v) is 9.45. The third kappa shape index (κ3) is 6.26. The van der Waals surface area contributed by atoms with Crippen LogP contribution in [-0.2, 0) is 14.8 Å². The van der Waals surface area contributed by atoms with Crippen LogP contribution in [0.25, 0.3) is 0 Å². The van der Waals surface area contributed by atoms with Gasteiger partial charge in [0, 0.05) is 0 Å². The van der Waals surface area contributed by atoms with Crippen molar-refractivity contribution in [2.45, 2.75) is 38.2 Å². The molecule has 26 heavy (non-hydrogen) atoms. The predicted molar refractivity (Wildman–Crippen MR) is 99.7 cm³/mol. The number of rotatable bonds is 5. The van der Waals surface area contributed by atoms with Crippen LogP contribution in [0, 0.1) is 6.92 Å². The first-order chi connectivity index (χ1) is 12.1. The number of ether oxygens (including phenoxy) is 1. The molecule has 2 N–H and O–H groups in total. The van der Waals surface area contributed by atoms with Gasteiger partial charge in [0.15, 0.2) is 0 Å². The Morgan fingerprint density at radius 2 is 1.77 bits per heavy atom. The molecule has 7 nitrogen and oxygen atoms in total. The minimum Gasteiger partial charge on any atom is -0.444 e. The topological polar surface area (TPSA) is 80.2 Å². The summed E-state index contributed by atoms with van der Waals surface area (Å²) in [6.45, 7) is 11.3. The van der Waals surface area contributed by atoms with Gasteiger partial charge in [0.05, 0.1) is 44.2 Å². The van der Waals surface area contributed by atoms with Gasteiger partial charge in [0.25, 0.3) is 0 Å². The summed E-state index contributed by atoms with van der Waals surface area (Å²) in [5.41, 5.74) is 0.534. The number of benzene rings is 1. The lowest BCUT2D eigenvalue weighted by Crippen LogP contribution is -3.15. The van der Waals surface area contributed by atoms with E-state index >= 15 is 0 Å². The molecule has 2 rings (SSSR count). The number of carbonyl (C=O) groups excluding carboxylic acids is 1. The highest BCUT2D eigenvalue weighted by Gasteiger charge is 2.27. The maximum atomic E-state index is 12.3. The van der Waals surface area contributed by atoms with Gasteiger partial charge in [-0.15, -0.1) is 0 Å². The van der Waals surface area contributed by atoms with Crippen molar-refractivity contribution >= 4 is 16.1 Å². The molecule has 1 amide bonds. The summed E-state index contributed by atoms with van der Waals surface area (Å²) in [5, 5.41) is 0. The second-order valence-electron chi connectivity index (χ2n) is 7.68. The van der Waals surface area contributed by atoms with E-state index in [4.69, 9.17) is 4.74 Å². The summed E-state index contributed by atoms with van der Waals surface area (Å²) >= 11 is 0. The molecule has 146 valence electrons. The molecule has 0 bridgehead atoms. The quantitative estimate of drug-likeness (QED) is 0.771. The maximum absolute atomic E-state index is 12.3. The van der Waals surface area contributed by atoms with Crippen LogP contribution in [0.1, 0.15) is 26.3 Å². The molecule has 0 saturated carbocycles. The predicted octanol–water partition coefficient (Wildman–Crippen LogP) is 0.409. The molecule has 0 radical (unpaired) electrons.